The molecule has 0 fully saturated rings. The molecule has 9 nitrogen and oxygen atoms in total. The van der Waals surface area contributed by atoms with Crippen LogP contribution in [0.25, 0.3) is 0 Å². The molecule has 0 radical (unpaired) electrons. The molecule has 1 N–H and O–H groups in total. The highest BCUT2D eigenvalue weighted by Gasteiger charge is 2.34. The van der Waals surface area contributed by atoms with Crippen LogP contribution in [0.4, 0.5) is 5.69 Å². The Morgan fingerprint density at radius 3 is 2.29 bits per heavy atom. The third kappa shape index (κ3) is 7.67. The number of carbonyl (C=O) groups is 2. The average molecular weight is 635 g/mol. The number of nitrogens with zero attached hydrogens (tertiary/aromatic N) is 2. The maximum atomic E-state index is 14.2. The summed E-state index contributed by atoms with van der Waals surface area (Å²) in [6.07, 6.45) is 1.87. The Kier molecular flexibility index (Phi) is 10.2. The summed E-state index contributed by atoms with van der Waals surface area (Å²) >= 11 is 13.0. The Hall–Kier alpha value is -3.47. The molecule has 3 aromatic carbocycles. The number of fused-ring (bicyclic) bond motifs is 1. The molecule has 0 aromatic heterocycles. The van der Waals surface area contributed by atoms with Gasteiger partial charge in [0.25, 0.3) is 0 Å². The van der Waals surface area contributed by atoms with Gasteiger partial charge in [0.15, 0.2) is 11.5 Å². The van der Waals surface area contributed by atoms with Gasteiger partial charge in [0.2, 0.25) is 28.6 Å². The van der Waals surface area contributed by atoms with Gasteiger partial charge in [-0.25, -0.2) is 8.42 Å². The quantitative estimate of drug-likeness (QED) is 0.299. The summed E-state index contributed by atoms with van der Waals surface area (Å²) < 4.78 is 37.7. The highest BCUT2D eigenvalue weighted by Crippen LogP contribution is 2.36. The lowest BCUT2D eigenvalue weighted by Gasteiger charge is -2.34. The highest BCUT2D eigenvalue weighted by molar-refractivity contribution is 7.92. The van der Waals surface area contributed by atoms with Gasteiger partial charge in [-0.05, 0) is 43.2 Å². The summed E-state index contributed by atoms with van der Waals surface area (Å²) in [6.45, 7) is 3.12. The number of ether oxygens (including phenoxy) is 2. The molecule has 224 valence electrons. The molecular weight excluding hydrogens is 601 g/mol. The second-order valence-corrected chi connectivity index (χ2v) is 12.8. The lowest BCUT2D eigenvalue weighted by Crippen LogP contribution is -2.54. The summed E-state index contributed by atoms with van der Waals surface area (Å²) in [5, 5.41) is 3.62. The van der Waals surface area contributed by atoms with E-state index in [0.29, 0.717) is 33.5 Å². The van der Waals surface area contributed by atoms with Gasteiger partial charge in [0.1, 0.15) is 12.6 Å². The average Bonchev–Trinajstić information content (AvgIpc) is 3.42. The molecule has 3 aromatic rings. The van der Waals surface area contributed by atoms with Gasteiger partial charge < -0.3 is 19.7 Å². The molecule has 0 saturated carbocycles. The van der Waals surface area contributed by atoms with E-state index in [1.165, 1.54) is 17.0 Å². The van der Waals surface area contributed by atoms with Crippen LogP contribution in [0, 0.1) is 0 Å². The van der Waals surface area contributed by atoms with Crippen molar-refractivity contribution < 1.29 is 27.5 Å². The van der Waals surface area contributed by atoms with E-state index in [0.717, 1.165) is 16.1 Å². The Bertz CT molecular complexity index is 1520. The largest absolute Gasteiger partial charge is 0.454 e. The second kappa shape index (κ2) is 13.7. The van der Waals surface area contributed by atoms with Gasteiger partial charge in [-0.3, -0.25) is 13.9 Å². The van der Waals surface area contributed by atoms with E-state index >= 15 is 0 Å². The van der Waals surface area contributed by atoms with Gasteiger partial charge in [-0.15, -0.1) is 0 Å². The first kappa shape index (κ1) is 31.5. The molecule has 0 unspecified atom stereocenters. The van der Waals surface area contributed by atoms with Crippen LogP contribution in [-0.2, 0) is 32.6 Å². The Balaban J connectivity index is 1.77. The minimum absolute atomic E-state index is 0.00935. The number of benzene rings is 3. The number of halogens is 2. The molecule has 0 aliphatic carbocycles. The number of hydrogen-bond donors (Lipinski definition) is 1. The molecule has 4 rings (SSSR count). The van der Waals surface area contributed by atoms with Gasteiger partial charge in [0.05, 0.1) is 11.9 Å². The number of amides is 2. The van der Waals surface area contributed by atoms with Gasteiger partial charge >= 0.3 is 0 Å². The van der Waals surface area contributed by atoms with E-state index in [2.05, 4.69) is 5.32 Å². The predicted molar refractivity (Wildman–Crippen MR) is 164 cm³/mol. The SMILES string of the molecule is CC[C@@H](C)NC(=O)[C@@H](Cc1ccccc1)N(Cc1c(Cl)cccc1Cl)C(=O)CN(c1ccc2c(c1)OCO2)S(C)(=O)=O. The fourth-order valence-corrected chi connectivity index (χ4v) is 5.86. The fraction of sp³-hybridized carbons (Fsp3) is 0.333. The maximum Gasteiger partial charge on any atom is 0.244 e. The van der Waals surface area contributed by atoms with Crippen molar-refractivity contribution in [1.29, 1.82) is 0 Å². The monoisotopic (exact) mass is 633 g/mol. The van der Waals surface area contributed by atoms with E-state index in [-0.39, 0.29) is 37.4 Å². The third-order valence-electron chi connectivity index (χ3n) is 6.99. The van der Waals surface area contributed by atoms with Crippen LogP contribution in [0.1, 0.15) is 31.4 Å². The Morgan fingerprint density at radius 1 is 0.976 bits per heavy atom. The number of nitrogens with one attached hydrogen (secondary N) is 1. The number of anilines is 1. The molecular formula is C30H33Cl2N3O6S. The second-order valence-electron chi connectivity index (χ2n) is 10.1. The third-order valence-corrected chi connectivity index (χ3v) is 8.83. The van der Waals surface area contributed by atoms with Crippen molar-refractivity contribution in [3.63, 3.8) is 0 Å². The number of carbonyl (C=O) groups excluding carboxylic acids is 2. The zero-order valence-electron chi connectivity index (χ0n) is 23.5. The van der Waals surface area contributed by atoms with E-state index in [4.69, 9.17) is 32.7 Å². The molecule has 2 atom stereocenters. The predicted octanol–water partition coefficient (Wildman–Crippen LogP) is 5.04. The number of hydrogen-bond acceptors (Lipinski definition) is 6. The van der Waals surface area contributed by atoms with Crippen molar-refractivity contribution in [3.05, 3.63) is 87.9 Å². The molecule has 0 bridgehead atoms. The van der Waals surface area contributed by atoms with Crippen molar-refractivity contribution in [2.24, 2.45) is 0 Å². The van der Waals surface area contributed by atoms with Crippen LogP contribution in [0.3, 0.4) is 0 Å². The van der Waals surface area contributed by atoms with E-state index in [9.17, 15) is 18.0 Å². The first-order chi connectivity index (χ1) is 20.0. The topological polar surface area (TPSA) is 105 Å². The van der Waals surface area contributed by atoms with Crippen LogP contribution in [0.2, 0.25) is 10.0 Å². The minimum Gasteiger partial charge on any atom is -0.454 e. The molecule has 42 heavy (non-hydrogen) atoms. The molecule has 0 spiro atoms. The number of rotatable bonds is 12. The summed E-state index contributed by atoms with van der Waals surface area (Å²) in [5.41, 5.74) is 1.48. The molecule has 12 heteroatoms. The first-order valence-corrected chi connectivity index (χ1v) is 16.0. The maximum absolute atomic E-state index is 14.2. The number of sulfonamides is 1. The van der Waals surface area contributed by atoms with Crippen LogP contribution in [-0.4, -0.2) is 56.8 Å². The minimum atomic E-state index is -3.94. The van der Waals surface area contributed by atoms with E-state index < -0.39 is 28.5 Å². The normalized spacial score (nSPS) is 13.7. The van der Waals surface area contributed by atoms with Gasteiger partial charge in [0, 0.05) is 40.7 Å². The lowest BCUT2D eigenvalue weighted by atomic mass is 10.0. The van der Waals surface area contributed by atoms with Crippen molar-refractivity contribution in [1.82, 2.24) is 10.2 Å². The van der Waals surface area contributed by atoms with E-state index in [1.54, 1.807) is 24.3 Å². The molecule has 0 saturated heterocycles. The zero-order valence-corrected chi connectivity index (χ0v) is 25.9. The van der Waals surface area contributed by atoms with Crippen molar-refractivity contribution >= 4 is 50.7 Å². The van der Waals surface area contributed by atoms with Crippen molar-refractivity contribution in [2.45, 2.75) is 45.3 Å². The zero-order chi connectivity index (χ0) is 30.4. The van der Waals surface area contributed by atoms with Crippen LogP contribution >= 0.6 is 23.2 Å². The van der Waals surface area contributed by atoms with Crippen molar-refractivity contribution in [3.8, 4) is 11.5 Å². The molecule has 1 aliphatic heterocycles. The first-order valence-electron chi connectivity index (χ1n) is 13.4. The van der Waals surface area contributed by atoms with Gasteiger partial charge in [-0.2, -0.15) is 0 Å². The van der Waals surface area contributed by atoms with E-state index in [1.807, 2.05) is 44.2 Å². The summed E-state index contributed by atoms with van der Waals surface area (Å²) in [6, 6.07) is 17.7. The fourth-order valence-electron chi connectivity index (χ4n) is 4.50. The Labute approximate surface area is 256 Å². The molecule has 1 heterocycles. The summed E-state index contributed by atoms with van der Waals surface area (Å²) in [7, 11) is -3.94. The van der Waals surface area contributed by atoms with Crippen molar-refractivity contribution in [2.75, 3.05) is 23.9 Å². The highest BCUT2D eigenvalue weighted by atomic mass is 35.5. The van der Waals surface area contributed by atoms with Crippen LogP contribution in [0.15, 0.2) is 66.7 Å². The van der Waals surface area contributed by atoms with Gasteiger partial charge in [-0.1, -0.05) is 66.5 Å². The summed E-state index contributed by atoms with van der Waals surface area (Å²) in [4.78, 5) is 29.3. The van der Waals surface area contributed by atoms with Crippen LogP contribution in [0.5, 0.6) is 11.5 Å². The Morgan fingerprint density at radius 2 is 1.64 bits per heavy atom. The molecule has 1 aliphatic rings. The molecule has 2 amide bonds. The lowest BCUT2D eigenvalue weighted by molar-refractivity contribution is -0.140. The smallest absolute Gasteiger partial charge is 0.244 e. The summed E-state index contributed by atoms with van der Waals surface area (Å²) in [5.74, 6) is -0.158. The standard InChI is InChI=1S/C30H33Cl2N3O6S/c1-4-20(2)33-30(37)26(15-21-9-6-5-7-10-21)34(17-23-24(31)11-8-12-25(23)32)29(36)18-35(42(3,38)39)22-13-14-27-28(16-22)41-19-40-27/h5-14,16,20,26H,4,15,17-19H2,1-3H3,(H,33,37)/t20-,26-/m1/s1. The van der Waals surface area contributed by atoms with Crippen LogP contribution < -0.4 is 19.1 Å².